The van der Waals surface area contributed by atoms with Crippen molar-refractivity contribution >= 4 is 29.9 Å². The summed E-state index contributed by atoms with van der Waals surface area (Å²) < 4.78 is 45.2. The third kappa shape index (κ3) is 8.01. The fourth-order valence-corrected chi connectivity index (χ4v) is 2.47. The van der Waals surface area contributed by atoms with Crippen LogP contribution in [-0.2, 0) is 18.8 Å². The van der Waals surface area contributed by atoms with Crippen LogP contribution in [0.1, 0.15) is 25.0 Å². The van der Waals surface area contributed by atoms with E-state index in [1.807, 2.05) is 6.92 Å². The van der Waals surface area contributed by atoms with Crippen molar-refractivity contribution in [3.05, 3.63) is 47.8 Å². The Kier molecular flexibility index (Phi) is 9.88. The molecule has 2 rings (SSSR count). The highest BCUT2D eigenvalue weighted by atomic mass is 127. The number of rotatable bonds is 8. The molecule has 2 aromatic rings. The number of hydrogen-bond donors (Lipinski definition) is 3. The molecule has 1 atom stereocenters. The van der Waals surface area contributed by atoms with Crippen molar-refractivity contribution < 1.29 is 23.0 Å². The monoisotopic (exact) mass is 541 g/mol. The topological polar surface area (TPSA) is 83.7 Å². The van der Waals surface area contributed by atoms with E-state index >= 15 is 0 Å². The standard InChI is InChI=1S/C19H26F3N5O2.HI/c1-4-23-17(25-13-18(2,28)15-11-26-27(3)12-15)24-8-9-29-16-7-5-6-14(10-16)19(20,21)22;/h5-7,10-12,28H,4,8-9,13H2,1-3H3,(H2,23,24,25);1H. The maximum atomic E-state index is 12.7. The van der Waals surface area contributed by atoms with Crippen LogP contribution < -0.4 is 15.4 Å². The highest BCUT2D eigenvalue weighted by molar-refractivity contribution is 14.0. The highest BCUT2D eigenvalue weighted by Gasteiger charge is 2.30. The van der Waals surface area contributed by atoms with E-state index in [9.17, 15) is 18.3 Å². The highest BCUT2D eigenvalue weighted by Crippen LogP contribution is 2.31. The van der Waals surface area contributed by atoms with Gasteiger partial charge in [-0.15, -0.1) is 24.0 Å². The molecule has 0 saturated heterocycles. The normalized spacial score (nSPS) is 13.9. The molecule has 0 aliphatic rings. The molecule has 1 unspecified atom stereocenters. The van der Waals surface area contributed by atoms with E-state index in [4.69, 9.17) is 4.74 Å². The third-order valence-electron chi connectivity index (χ3n) is 4.04. The SMILES string of the molecule is CCNC(=NCC(C)(O)c1cnn(C)c1)NCCOc1cccc(C(F)(F)F)c1.I. The number of aliphatic imine (C=N–C) groups is 1. The summed E-state index contributed by atoms with van der Waals surface area (Å²) in [6.45, 7) is 4.71. The molecule has 11 heteroatoms. The third-order valence-corrected chi connectivity index (χ3v) is 4.04. The molecule has 3 N–H and O–H groups in total. The van der Waals surface area contributed by atoms with E-state index in [-0.39, 0.29) is 42.9 Å². The lowest BCUT2D eigenvalue weighted by Crippen LogP contribution is -2.40. The van der Waals surface area contributed by atoms with Gasteiger partial charge in [0.2, 0.25) is 0 Å². The molecule has 0 aliphatic heterocycles. The average molecular weight is 541 g/mol. The second-order valence-corrected chi connectivity index (χ2v) is 6.67. The first-order valence-corrected chi connectivity index (χ1v) is 9.15. The molecular formula is C19H27F3IN5O2. The number of aryl methyl sites for hydroxylation is 1. The van der Waals surface area contributed by atoms with Gasteiger partial charge in [-0.3, -0.25) is 4.68 Å². The van der Waals surface area contributed by atoms with E-state index in [2.05, 4.69) is 20.7 Å². The lowest BCUT2D eigenvalue weighted by Gasteiger charge is -2.20. The van der Waals surface area contributed by atoms with E-state index in [1.165, 1.54) is 12.1 Å². The predicted octanol–water partition coefficient (Wildman–Crippen LogP) is 2.90. The van der Waals surface area contributed by atoms with Crippen LogP contribution in [0, 0.1) is 0 Å². The Morgan fingerprint density at radius 1 is 1.27 bits per heavy atom. The zero-order valence-electron chi connectivity index (χ0n) is 17.0. The van der Waals surface area contributed by atoms with Crippen LogP contribution in [0.15, 0.2) is 41.7 Å². The van der Waals surface area contributed by atoms with E-state index in [0.717, 1.165) is 12.1 Å². The summed E-state index contributed by atoms with van der Waals surface area (Å²) in [7, 11) is 1.76. The summed E-state index contributed by atoms with van der Waals surface area (Å²) in [5, 5.41) is 20.7. The summed E-state index contributed by atoms with van der Waals surface area (Å²) in [5.41, 5.74) is -1.30. The maximum absolute atomic E-state index is 12.7. The van der Waals surface area contributed by atoms with Crippen molar-refractivity contribution in [1.82, 2.24) is 20.4 Å². The maximum Gasteiger partial charge on any atom is 0.416 e. The van der Waals surface area contributed by atoms with Gasteiger partial charge in [0.05, 0.1) is 24.8 Å². The van der Waals surface area contributed by atoms with Crippen molar-refractivity contribution in [2.24, 2.45) is 12.0 Å². The summed E-state index contributed by atoms with van der Waals surface area (Å²) in [5.74, 6) is 0.604. The molecule has 168 valence electrons. The van der Waals surface area contributed by atoms with E-state index in [0.29, 0.717) is 24.6 Å². The molecule has 1 heterocycles. The van der Waals surface area contributed by atoms with E-state index in [1.54, 1.807) is 31.0 Å². The molecule has 0 radical (unpaired) electrons. The summed E-state index contributed by atoms with van der Waals surface area (Å²) in [6.07, 6.45) is -1.11. The number of aliphatic hydroxyl groups is 1. The Morgan fingerprint density at radius 3 is 2.60 bits per heavy atom. The van der Waals surface area contributed by atoms with Crippen LogP contribution in [0.4, 0.5) is 13.2 Å². The van der Waals surface area contributed by atoms with Gasteiger partial charge < -0.3 is 20.5 Å². The number of ether oxygens (including phenoxy) is 1. The van der Waals surface area contributed by atoms with Gasteiger partial charge in [0.25, 0.3) is 0 Å². The van der Waals surface area contributed by atoms with Crippen LogP contribution in [0.2, 0.25) is 0 Å². The number of nitrogens with zero attached hydrogens (tertiary/aromatic N) is 3. The number of aromatic nitrogens is 2. The van der Waals surface area contributed by atoms with Crippen LogP contribution >= 0.6 is 24.0 Å². The van der Waals surface area contributed by atoms with E-state index < -0.39 is 17.3 Å². The molecular weight excluding hydrogens is 514 g/mol. The Labute approximate surface area is 190 Å². The molecule has 0 fully saturated rings. The zero-order chi connectivity index (χ0) is 21.5. The molecule has 0 saturated carbocycles. The number of nitrogens with one attached hydrogen (secondary N) is 2. The summed E-state index contributed by atoms with van der Waals surface area (Å²) >= 11 is 0. The second kappa shape index (κ2) is 11.4. The van der Waals surface area contributed by atoms with Crippen molar-refractivity contribution in [1.29, 1.82) is 0 Å². The van der Waals surface area contributed by atoms with Gasteiger partial charge in [-0.2, -0.15) is 18.3 Å². The first-order valence-electron chi connectivity index (χ1n) is 9.15. The lowest BCUT2D eigenvalue weighted by atomic mass is 10.0. The molecule has 0 amide bonds. The first-order chi connectivity index (χ1) is 13.6. The van der Waals surface area contributed by atoms with Gasteiger partial charge in [-0.25, -0.2) is 4.99 Å². The van der Waals surface area contributed by atoms with Crippen molar-refractivity contribution in [3.63, 3.8) is 0 Å². The largest absolute Gasteiger partial charge is 0.492 e. The Balaban J connectivity index is 0.00000450. The first kappa shape index (κ1) is 26.0. The Bertz CT molecular complexity index is 824. The van der Waals surface area contributed by atoms with Gasteiger partial charge >= 0.3 is 6.18 Å². The molecule has 0 aliphatic carbocycles. The number of benzene rings is 1. The molecule has 1 aromatic carbocycles. The minimum absolute atomic E-state index is 0. The Morgan fingerprint density at radius 2 is 2.00 bits per heavy atom. The van der Waals surface area contributed by atoms with Gasteiger partial charge in [0, 0.05) is 25.4 Å². The number of alkyl halides is 3. The van der Waals surface area contributed by atoms with Gasteiger partial charge in [-0.1, -0.05) is 6.07 Å². The number of halogens is 4. The predicted molar refractivity (Wildman–Crippen MR) is 119 cm³/mol. The van der Waals surface area contributed by atoms with Gasteiger partial charge in [0.15, 0.2) is 5.96 Å². The van der Waals surface area contributed by atoms with Crippen LogP contribution in [-0.4, -0.2) is 47.1 Å². The van der Waals surface area contributed by atoms with Crippen LogP contribution in [0.3, 0.4) is 0 Å². The minimum Gasteiger partial charge on any atom is -0.492 e. The summed E-state index contributed by atoms with van der Waals surface area (Å²) in [4.78, 5) is 4.36. The fraction of sp³-hybridized carbons (Fsp3) is 0.474. The van der Waals surface area contributed by atoms with Crippen molar-refractivity contribution in [2.75, 3.05) is 26.2 Å². The zero-order valence-corrected chi connectivity index (χ0v) is 19.4. The second-order valence-electron chi connectivity index (χ2n) is 6.67. The lowest BCUT2D eigenvalue weighted by molar-refractivity contribution is -0.137. The van der Waals surface area contributed by atoms with Crippen LogP contribution in [0.25, 0.3) is 0 Å². The van der Waals surface area contributed by atoms with Crippen molar-refractivity contribution in [3.8, 4) is 5.75 Å². The molecule has 30 heavy (non-hydrogen) atoms. The smallest absolute Gasteiger partial charge is 0.416 e. The molecule has 0 bridgehead atoms. The fourth-order valence-electron chi connectivity index (χ4n) is 2.47. The Hall–Kier alpha value is -2.02. The van der Waals surface area contributed by atoms with Crippen LogP contribution in [0.5, 0.6) is 5.75 Å². The van der Waals surface area contributed by atoms with Gasteiger partial charge in [-0.05, 0) is 32.0 Å². The minimum atomic E-state index is -4.41. The molecule has 7 nitrogen and oxygen atoms in total. The van der Waals surface area contributed by atoms with Crippen molar-refractivity contribution in [2.45, 2.75) is 25.6 Å². The molecule has 0 spiro atoms. The number of guanidine groups is 1. The average Bonchev–Trinajstić information content (AvgIpc) is 3.10. The molecule has 1 aromatic heterocycles. The van der Waals surface area contributed by atoms with Gasteiger partial charge in [0.1, 0.15) is 18.0 Å². The number of hydrogen-bond acceptors (Lipinski definition) is 4. The summed E-state index contributed by atoms with van der Waals surface area (Å²) in [6, 6.07) is 4.73. The quantitative estimate of drug-likeness (QED) is 0.207.